The van der Waals surface area contributed by atoms with E-state index in [0.717, 1.165) is 0 Å². The zero-order valence-corrected chi connectivity index (χ0v) is 5.19. The van der Waals surface area contributed by atoms with Gasteiger partial charge in [-0.05, 0) is 6.07 Å². The first-order chi connectivity index (χ1) is 4.70. The maximum Gasteiger partial charge on any atom is 0.318 e. The van der Waals surface area contributed by atoms with E-state index in [1.165, 1.54) is 12.1 Å². The highest BCUT2D eigenvalue weighted by Gasteiger charge is 2.09. The molecular formula is C6H7N2O2+. The summed E-state index contributed by atoms with van der Waals surface area (Å²) in [4.78, 5) is 9.99. The normalized spacial score (nSPS) is 9.20. The maximum absolute atomic E-state index is 10.2. The fraction of sp³-hybridized carbons (Fsp3) is 0. The zero-order valence-electron chi connectivity index (χ0n) is 5.19. The van der Waals surface area contributed by atoms with Crippen molar-refractivity contribution in [3.63, 3.8) is 0 Å². The van der Waals surface area contributed by atoms with E-state index in [2.05, 4.69) is 0 Å². The number of anilines is 1. The highest BCUT2D eigenvalue weighted by molar-refractivity contribution is 5.46. The van der Waals surface area contributed by atoms with Gasteiger partial charge >= 0.3 is 5.69 Å². The van der Waals surface area contributed by atoms with E-state index >= 15 is 0 Å². The molecule has 10 heavy (non-hydrogen) atoms. The predicted molar refractivity (Wildman–Crippen MR) is 35.9 cm³/mol. The van der Waals surface area contributed by atoms with Crippen molar-refractivity contribution in [2.75, 3.05) is 5.73 Å². The van der Waals surface area contributed by atoms with Crippen molar-refractivity contribution in [1.82, 2.24) is 0 Å². The lowest BCUT2D eigenvalue weighted by molar-refractivity contribution is -0.729. The molecule has 3 N–H and O–H groups in total. The Morgan fingerprint density at radius 1 is 1.50 bits per heavy atom. The SMILES string of the molecule is Nc1cccc([N+](=O)O)c1. The number of benzene rings is 1. The largest absolute Gasteiger partial charge is 0.399 e. The average Bonchev–Trinajstić information content (AvgIpc) is 1.88. The van der Waals surface area contributed by atoms with Crippen LogP contribution in [0.15, 0.2) is 24.3 Å². The molecule has 0 spiro atoms. The average molecular weight is 139 g/mol. The molecule has 0 unspecified atom stereocenters. The van der Waals surface area contributed by atoms with Gasteiger partial charge in [0.15, 0.2) is 0 Å². The molecule has 0 aliphatic carbocycles. The third-order valence-electron chi connectivity index (χ3n) is 1.09. The molecule has 0 amide bonds. The fourth-order valence-corrected chi connectivity index (χ4v) is 0.644. The van der Waals surface area contributed by atoms with Gasteiger partial charge in [-0.3, -0.25) is 0 Å². The Morgan fingerprint density at radius 2 is 2.20 bits per heavy atom. The summed E-state index contributed by atoms with van der Waals surface area (Å²) in [5.41, 5.74) is 5.91. The van der Waals surface area contributed by atoms with Gasteiger partial charge in [-0.1, -0.05) is 6.07 Å². The van der Waals surface area contributed by atoms with Gasteiger partial charge in [0.2, 0.25) is 0 Å². The molecule has 0 atom stereocenters. The minimum absolute atomic E-state index is 0.139. The van der Waals surface area contributed by atoms with Crippen LogP contribution in [0.4, 0.5) is 11.4 Å². The van der Waals surface area contributed by atoms with Crippen LogP contribution in [0.5, 0.6) is 0 Å². The van der Waals surface area contributed by atoms with Gasteiger partial charge in [-0.25, -0.2) is 5.21 Å². The summed E-state index contributed by atoms with van der Waals surface area (Å²) in [6.45, 7) is 0. The Hall–Kier alpha value is -1.58. The van der Waals surface area contributed by atoms with Crippen molar-refractivity contribution < 1.29 is 10.1 Å². The van der Waals surface area contributed by atoms with Crippen LogP contribution in [-0.2, 0) is 0 Å². The van der Waals surface area contributed by atoms with E-state index in [4.69, 9.17) is 10.9 Å². The van der Waals surface area contributed by atoms with Crippen molar-refractivity contribution in [2.24, 2.45) is 0 Å². The van der Waals surface area contributed by atoms with Crippen LogP contribution in [-0.4, -0.2) is 10.1 Å². The summed E-state index contributed by atoms with van der Waals surface area (Å²) >= 11 is 0. The van der Waals surface area contributed by atoms with Crippen molar-refractivity contribution in [3.05, 3.63) is 29.2 Å². The van der Waals surface area contributed by atoms with Gasteiger partial charge in [-0.2, -0.15) is 0 Å². The first kappa shape index (κ1) is 6.54. The van der Waals surface area contributed by atoms with Crippen molar-refractivity contribution in [2.45, 2.75) is 0 Å². The van der Waals surface area contributed by atoms with Crippen molar-refractivity contribution >= 4 is 11.4 Å². The summed E-state index contributed by atoms with van der Waals surface area (Å²) in [5, 5.41) is 8.37. The molecule has 0 fully saturated rings. The van der Waals surface area contributed by atoms with E-state index in [0.29, 0.717) is 5.69 Å². The van der Waals surface area contributed by atoms with E-state index in [9.17, 15) is 4.91 Å². The smallest absolute Gasteiger partial charge is 0.318 e. The lowest BCUT2D eigenvalue weighted by Gasteiger charge is -1.86. The Bertz CT molecular complexity index is 260. The molecule has 52 valence electrons. The number of hydrogen-bond donors (Lipinski definition) is 2. The number of hydrogen-bond acceptors (Lipinski definition) is 2. The number of nitrogens with two attached hydrogens (primary N) is 1. The van der Waals surface area contributed by atoms with Crippen LogP contribution in [0, 0.1) is 4.91 Å². The first-order valence-corrected chi connectivity index (χ1v) is 2.72. The summed E-state index contributed by atoms with van der Waals surface area (Å²) in [6.07, 6.45) is 0. The topological polar surface area (TPSA) is 66.3 Å². The molecule has 0 heterocycles. The molecule has 0 radical (unpaired) electrons. The van der Waals surface area contributed by atoms with Crippen LogP contribution in [0.3, 0.4) is 0 Å². The van der Waals surface area contributed by atoms with Gasteiger partial charge in [0.25, 0.3) is 4.92 Å². The van der Waals surface area contributed by atoms with E-state index in [1.54, 1.807) is 12.1 Å². The Kier molecular flexibility index (Phi) is 1.53. The van der Waals surface area contributed by atoms with E-state index in [-0.39, 0.29) is 10.6 Å². The van der Waals surface area contributed by atoms with Gasteiger partial charge < -0.3 is 5.73 Å². The zero-order chi connectivity index (χ0) is 7.56. The van der Waals surface area contributed by atoms with Crippen LogP contribution in [0.2, 0.25) is 0 Å². The molecule has 0 aromatic heterocycles. The van der Waals surface area contributed by atoms with Gasteiger partial charge in [0.1, 0.15) is 0 Å². The van der Waals surface area contributed by atoms with Gasteiger partial charge in [0, 0.05) is 17.8 Å². The second-order valence-electron chi connectivity index (χ2n) is 1.87. The van der Waals surface area contributed by atoms with Crippen molar-refractivity contribution in [1.29, 1.82) is 0 Å². The molecule has 1 aromatic carbocycles. The highest BCUT2D eigenvalue weighted by Crippen LogP contribution is 2.12. The molecule has 4 nitrogen and oxygen atoms in total. The standard InChI is InChI=1S/C6H7N2O2/c7-5-2-1-3-6(4-5)8(9)10/h1-4H,7H2,(H,9,10)/q+1. The van der Waals surface area contributed by atoms with Crippen LogP contribution in [0.1, 0.15) is 0 Å². The summed E-state index contributed by atoms with van der Waals surface area (Å²) < 4.78 is 0. The number of nitrogen functional groups attached to an aromatic ring is 1. The maximum atomic E-state index is 10.2. The first-order valence-electron chi connectivity index (χ1n) is 2.72. The monoisotopic (exact) mass is 139 g/mol. The summed E-state index contributed by atoms with van der Waals surface area (Å²) in [6, 6.07) is 6.06. The van der Waals surface area contributed by atoms with E-state index in [1.807, 2.05) is 0 Å². The molecule has 0 aliphatic heterocycles. The quantitative estimate of drug-likeness (QED) is 0.451. The highest BCUT2D eigenvalue weighted by atomic mass is 16.6. The van der Waals surface area contributed by atoms with Gasteiger partial charge in [0.05, 0.1) is 4.91 Å². The van der Waals surface area contributed by atoms with E-state index < -0.39 is 0 Å². The number of rotatable bonds is 1. The molecular weight excluding hydrogens is 132 g/mol. The third-order valence-corrected chi connectivity index (χ3v) is 1.09. The molecule has 0 aliphatic rings. The lowest BCUT2D eigenvalue weighted by Crippen LogP contribution is -1.92. The second-order valence-corrected chi connectivity index (χ2v) is 1.87. The van der Waals surface area contributed by atoms with Crippen molar-refractivity contribution in [3.8, 4) is 0 Å². The van der Waals surface area contributed by atoms with Gasteiger partial charge in [-0.15, -0.1) is 0 Å². The fourth-order valence-electron chi connectivity index (χ4n) is 0.644. The predicted octanol–water partition coefficient (Wildman–Crippen LogP) is 1.07. The molecule has 4 heteroatoms. The molecule has 0 saturated carbocycles. The minimum Gasteiger partial charge on any atom is -0.399 e. The second kappa shape index (κ2) is 2.34. The molecule has 0 saturated heterocycles. The lowest BCUT2D eigenvalue weighted by atomic mass is 10.3. The molecule has 1 rings (SSSR count). The molecule has 1 aromatic rings. The molecule has 0 bridgehead atoms. The van der Waals surface area contributed by atoms with Crippen LogP contribution < -0.4 is 5.73 Å². The Labute approximate surface area is 57.4 Å². The Balaban J connectivity index is 3.07. The van der Waals surface area contributed by atoms with Crippen LogP contribution in [0.25, 0.3) is 0 Å². The minimum atomic E-state index is -0.226. The summed E-state index contributed by atoms with van der Waals surface area (Å²) in [5.74, 6) is 0. The Morgan fingerprint density at radius 3 is 2.60 bits per heavy atom. The number of nitrogens with zero attached hydrogens (tertiary/aromatic N) is 1. The summed E-state index contributed by atoms with van der Waals surface area (Å²) in [7, 11) is 0. The van der Waals surface area contributed by atoms with Crippen LogP contribution >= 0.6 is 0 Å². The third kappa shape index (κ3) is 1.22.